The van der Waals surface area contributed by atoms with Gasteiger partial charge in [-0.1, -0.05) is 18.2 Å². The van der Waals surface area contributed by atoms with E-state index in [1.807, 2.05) is 0 Å². The SMILES string of the molecule is O=C(O)Cc1ccccc1NC(=O)NC1CCOC1. The van der Waals surface area contributed by atoms with Crippen molar-refractivity contribution in [1.29, 1.82) is 0 Å². The molecule has 1 aliphatic heterocycles. The number of hydrogen-bond donors (Lipinski definition) is 3. The van der Waals surface area contributed by atoms with Gasteiger partial charge in [0.05, 0.1) is 19.1 Å². The zero-order valence-electron chi connectivity index (χ0n) is 10.4. The molecule has 6 nitrogen and oxygen atoms in total. The predicted molar refractivity (Wildman–Crippen MR) is 69.2 cm³/mol. The quantitative estimate of drug-likeness (QED) is 0.763. The van der Waals surface area contributed by atoms with Crippen LogP contribution < -0.4 is 10.6 Å². The summed E-state index contributed by atoms with van der Waals surface area (Å²) >= 11 is 0. The lowest BCUT2D eigenvalue weighted by Gasteiger charge is -2.13. The number of benzene rings is 1. The van der Waals surface area contributed by atoms with E-state index in [2.05, 4.69) is 10.6 Å². The lowest BCUT2D eigenvalue weighted by molar-refractivity contribution is -0.136. The molecule has 1 aromatic rings. The molecule has 1 aliphatic rings. The van der Waals surface area contributed by atoms with E-state index in [0.29, 0.717) is 24.5 Å². The molecule has 6 heteroatoms. The number of carbonyl (C=O) groups is 2. The molecule has 1 saturated heterocycles. The molecule has 0 aliphatic carbocycles. The van der Waals surface area contributed by atoms with Crippen molar-refractivity contribution in [3.8, 4) is 0 Å². The summed E-state index contributed by atoms with van der Waals surface area (Å²) in [5.41, 5.74) is 1.09. The van der Waals surface area contributed by atoms with Crippen LogP contribution in [-0.4, -0.2) is 36.4 Å². The van der Waals surface area contributed by atoms with E-state index in [0.717, 1.165) is 6.42 Å². The summed E-state index contributed by atoms with van der Waals surface area (Å²) in [4.78, 5) is 22.5. The Kier molecular flexibility index (Phi) is 4.35. The summed E-state index contributed by atoms with van der Waals surface area (Å²) in [5.74, 6) is -0.932. The number of anilines is 1. The Morgan fingerprint density at radius 3 is 2.84 bits per heavy atom. The van der Waals surface area contributed by atoms with Gasteiger partial charge < -0.3 is 20.5 Å². The van der Waals surface area contributed by atoms with Gasteiger partial charge in [-0.15, -0.1) is 0 Å². The summed E-state index contributed by atoms with van der Waals surface area (Å²) in [6.45, 7) is 1.17. The van der Waals surface area contributed by atoms with Crippen LogP contribution in [-0.2, 0) is 16.0 Å². The maximum atomic E-state index is 11.8. The first-order valence-electron chi connectivity index (χ1n) is 6.10. The van der Waals surface area contributed by atoms with Crippen LogP contribution in [0.5, 0.6) is 0 Å². The van der Waals surface area contributed by atoms with Gasteiger partial charge >= 0.3 is 12.0 Å². The monoisotopic (exact) mass is 264 g/mol. The number of para-hydroxylation sites is 1. The van der Waals surface area contributed by atoms with Crippen molar-refractivity contribution in [2.75, 3.05) is 18.5 Å². The topological polar surface area (TPSA) is 87.7 Å². The molecule has 2 amide bonds. The fourth-order valence-electron chi connectivity index (χ4n) is 1.95. The first kappa shape index (κ1) is 13.4. The molecule has 3 N–H and O–H groups in total. The lowest BCUT2D eigenvalue weighted by Crippen LogP contribution is -2.38. The van der Waals surface area contributed by atoms with Crippen molar-refractivity contribution < 1.29 is 19.4 Å². The summed E-state index contributed by atoms with van der Waals surface area (Å²) in [7, 11) is 0. The zero-order chi connectivity index (χ0) is 13.7. The molecule has 0 spiro atoms. The normalized spacial score (nSPS) is 18.0. The second-order valence-electron chi connectivity index (χ2n) is 4.39. The Hall–Kier alpha value is -2.08. The summed E-state index contributed by atoms with van der Waals surface area (Å²) in [6, 6.07) is 6.54. The molecule has 0 radical (unpaired) electrons. The van der Waals surface area contributed by atoms with E-state index in [1.165, 1.54) is 0 Å². The highest BCUT2D eigenvalue weighted by Gasteiger charge is 2.18. The maximum Gasteiger partial charge on any atom is 0.319 e. The first-order valence-corrected chi connectivity index (χ1v) is 6.10. The van der Waals surface area contributed by atoms with Gasteiger partial charge in [0.15, 0.2) is 0 Å². The molecule has 1 aromatic carbocycles. The third-order valence-electron chi connectivity index (χ3n) is 2.87. The third kappa shape index (κ3) is 3.96. The fourth-order valence-corrected chi connectivity index (χ4v) is 1.95. The van der Waals surface area contributed by atoms with Gasteiger partial charge in [0, 0.05) is 12.3 Å². The second-order valence-corrected chi connectivity index (χ2v) is 4.39. The molecule has 1 fully saturated rings. The van der Waals surface area contributed by atoms with Crippen LogP contribution in [0.4, 0.5) is 10.5 Å². The van der Waals surface area contributed by atoms with Crippen molar-refractivity contribution in [1.82, 2.24) is 5.32 Å². The van der Waals surface area contributed by atoms with E-state index in [4.69, 9.17) is 9.84 Å². The minimum Gasteiger partial charge on any atom is -0.481 e. The second kappa shape index (κ2) is 6.19. The average molecular weight is 264 g/mol. The van der Waals surface area contributed by atoms with Crippen molar-refractivity contribution >= 4 is 17.7 Å². The minimum atomic E-state index is -0.932. The summed E-state index contributed by atoms with van der Waals surface area (Å²) in [5, 5.41) is 14.3. The van der Waals surface area contributed by atoms with Crippen LogP contribution in [0.15, 0.2) is 24.3 Å². The standard InChI is InChI=1S/C13H16N2O4/c16-12(17)7-9-3-1-2-4-11(9)15-13(18)14-10-5-6-19-8-10/h1-4,10H,5-8H2,(H,16,17)(H2,14,15,18). The molecule has 0 bridgehead atoms. The number of rotatable bonds is 4. The molecule has 102 valence electrons. The molecule has 1 atom stereocenters. The van der Waals surface area contributed by atoms with Crippen LogP contribution in [0.2, 0.25) is 0 Å². The van der Waals surface area contributed by atoms with Gasteiger partial charge in [0.1, 0.15) is 0 Å². The van der Waals surface area contributed by atoms with Crippen LogP contribution in [0.25, 0.3) is 0 Å². The van der Waals surface area contributed by atoms with Gasteiger partial charge in [-0.25, -0.2) is 4.79 Å². The van der Waals surface area contributed by atoms with Gasteiger partial charge in [-0.2, -0.15) is 0 Å². The summed E-state index contributed by atoms with van der Waals surface area (Å²) < 4.78 is 5.16. The number of urea groups is 1. The van der Waals surface area contributed by atoms with Crippen molar-refractivity contribution in [3.63, 3.8) is 0 Å². The Bertz CT molecular complexity index is 469. The van der Waals surface area contributed by atoms with E-state index < -0.39 is 5.97 Å². The zero-order valence-corrected chi connectivity index (χ0v) is 10.4. The smallest absolute Gasteiger partial charge is 0.319 e. The molecule has 0 aromatic heterocycles. The number of hydrogen-bond acceptors (Lipinski definition) is 3. The van der Waals surface area contributed by atoms with Crippen LogP contribution in [0.3, 0.4) is 0 Å². The van der Waals surface area contributed by atoms with Crippen LogP contribution >= 0.6 is 0 Å². The Labute approximate surface area is 110 Å². The van der Waals surface area contributed by atoms with Gasteiger partial charge in [0.2, 0.25) is 0 Å². The number of amides is 2. The molecule has 1 unspecified atom stereocenters. The van der Waals surface area contributed by atoms with Gasteiger partial charge in [-0.05, 0) is 18.1 Å². The van der Waals surface area contributed by atoms with E-state index >= 15 is 0 Å². The molecular weight excluding hydrogens is 248 g/mol. The number of carboxylic acid groups (broad SMARTS) is 1. The molecule has 2 rings (SSSR count). The van der Waals surface area contributed by atoms with Crippen LogP contribution in [0, 0.1) is 0 Å². The molecule has 19 heavy (non-hydrogen) atoms. The number of aliphatic carboxylic acids is 1. The average Bonchev–Trinajstić information content (AvgIpc) is 2.83. The third-order valence-corrected chi connectivity index (χ3v) is 2.87. The largest absolute Gasteiger partial charge is 0.481 e. The fraction of sp³-hybridized carbons (Fsp3) is 0.385. The first-order chi connectivity index (χ1) is 9.15. The van der Waals surface area contributed by atoms with Crippen molar-refractivity contribution in [2.24, 2.45) is 0 Å². The number of carbonyl (C=O) groups excluding carboxylic acids is 1. The van der Waals surface area contributed by atoms with Gasteiger partial charge in [-0.3, -0.25) is 4.79 Å². The molecule has 0 saturated carbocycles. The highest BCUT2D eigenvalue weighted by Crippen LogP contribution is 2.15. The lowest BCUT2D eigenvalue weighted by atomic mass is 10.1. The number of nitrogens with one attached hydrogen (secondary N) is 2. The predicted octanol–water partition coefficient (Wildman–Crippen LogP) is 1.22. The van der Waals surface area contributed by atoms with Gasteiger partial charge in [0.25, 0.3) is 0 Å². The highest BCUT2D eigenvalue weighted by atomic mass is 16.5. The number of carboxylic acids is 1. The van der Waals surface area contributed by atoms with E-state index in [-0.39, 0.29) is 18.5 Å². The Morgan fingerprint density at radius 1 is 1.37 bits per heavy atom. The highest BCUT2D eigenvalue weighted by molar-refractivity contribution is 5.91. The maximum absolute atomic E-state index is 11.8. The Balaban J connectivity index is 1.97. The van der Waals surface area contributed by atoms with Crippen molar-refractivity contribution in [2.45, 2.75) is 18.9 Å². The van der Waals surface area contributed by atoms with E-state index in [9.17, 15) is 9.59 Å². The minimum absolute atomic E-state index is 0.0200. The van der Waals surface area contributed by atoms with Crippen molar-refractivity contribution in [3.05, 3.63) is 29.8 Å². The molecular formula is C13H16N2O4. The van der Waals surface area contributed by atoms with E-state index in [1.54, 1.807) is 24.3 Å². The number of ether oxygens (including phenoxy) is 1. The molecule has 1 heterocycles. The van der Waals surface area contributed by atoms with Crippen LogP contribution in [0.1, 0.15) is 12.0 Å². The Morgan fingerprint density at radius 2 is 2.16 bits per heavy atom. The summed E-state index contributed by atoms with van der Waals surface area (Å²) in [6.07, 6.45) is 0.674.